The van der Waals surface area contributed by atoms with Gasteiger partial charge in [0, 0.05) is 93.5 Å². The van der Waals surface area contributed by atoms with E-state index in [1.165, 1.54) is 24.5 Å². The molecular formula is C66H58Cl2N16O6S. The number of nitrogens with zero attached hydrogens (tertiary/aromatic N) is 9. The number of benzene rings is 5. The van der Waals surface area contributed by atoms with Crippen LogP contribution in [0.2, 0.25) is 10.0 Å². The molecule has 91 heavy (non-hydrogen) atoms. The molecular weight excluding hydrogens is 1220 g/mol. The molecule has 6 aromatic heterocycles. The van der Waals surface area contributed by atoms with Crippen molar-refractivity contribution in [2.75, 3.05) is 73.2 Å². The number of aromatic amines is 1. The first-order valence-corrected chi connectivity index (χ1v) is 29.3. The van der Waals surface area contributed by atoms with Gasteiger partial charge < -0.3 is 51.3 Å². The fourth-order valence-electron chi connectivity index (χ4n) is 8.98. The van der Waals surface area contributed by atoms with E-state index in [4.69, 9.17) is 36.6 Å². The Balaban J connectivity index is 0.000000208. The van der Waals surface area contributed by atoms with Crippen LogP contribution in [0.4, 0.5) is 46.0 Å². The van der Waals surface area contributed by atoms with Crippen LogP contribution in [0.5, 0.6) is 0 Å². The number of likely N-dealkylation sites (N-methyl/N-ethyl adjacent to an activating group) is 2. The Kier molecular flexibility index (Phi) is 22.1. The SMILES string of the molecule is CN(C)C/C=C/C(=O)Nc1ccc(C(=O)Nc2cccc(Nc3ncc(Cl)c(-c4c[nH]c5ccccc45)n3)c2)nc1.CN(C)C/C=C/C(=O)Nc1ccc(C(=O)Nc2cccc(Nc3ncc(Cl)c(-c4cn(-c5ccccc5)c5ccccc45)n3)c2)nc1.O=S=O. The van der Waals surface area contributed by atoms with Gasteiger partial charge in [-0.15, -0.1) is 0 Å². The minimum absolute atomic E-state index is 0.199. The summed E-state index contributed by atoms with van der Waals surface area (Å²) in [5.41, 5.74) is 9.78. The van der Waals surface area contributed by atoms with Crippen LogP contribution in [0.3, 0.4) is 0 Å². The van der Waals surface area contributed by atoms with E-state index in [1.54, 1.807) is 85.2 Å². The highest BCUT2D eigenvalue weighted by Gasteiger charge is 2.18. The predicted molar refractivity (Wildman–Crippen MR) is 359 cm³/mol. The van der Waals surface area contributed by atoms with Crippen molar-refractivity contribution in [2.24, 2.45) is 0 Å². The molecule has 7 N–H and O–H groups in total. The summed E-state index contributed by atoms with van der Waals surface area (Å²) in [6.07, 6.45) is 16.4. The fourth-order valence-corrected chi connectivity index (χ4v) is 9.37. The third-order valence-electron chi connectivity index (χ3n) is 13.1. The second-order valence-electron chi connectivity index (χ2n) is 20.4. The maximum Gasteiger partial charge on any atom is 0.335 e. The third kappa shape index (κ3) is 17.8. The van der Waals surface area contributed by atoms with Gasteiger partial charge in [-0.2, -0.15) is 8.42 Å². The summed E-state index contributed by atoms with van der Waals surface area (Å²) in [5, 5.41) is 20.4. The maximum atomic E-state index is 12.9. The Bertz CT molecular complexity index is 4480. The number of halogens is 2. The Labute approximate surface area is 536 Å². The number of anilines is 8. The summed E-state index contributed by atoms with van der Waals surface area (Å²) in [7, 11) is 7.66. The Morgan fingerprint density at radius 1 is 0.516 bits per heavy atom. The third-order valence-corrected chi connectivity index (χ3v) is 13.6. The first kappa shape index (κ1) is 64.4. The molecule has 0 atom stereocenters. The van der Waals surface area contributed by atoms with Gasteiger partial charge in [0.1, 0.15) is 11.4 Å². The number of hydrogen-bond acceptors (Lipinski definition) is 16. The van der Waals surface area contributed by atoms with Crippen molar-refractivity contribution in [1.29, 1.82) is 0 Å². The lowest BCUT2D eigenvalue weighted by Gasteiger charge is -2.10. The average molecular weight is 1270 g/mol. The molecule has 4 amide bonds. The molecule has 0 radical (unpaired) electrons. The molecule has 0 fully saturated rings. The van der Waals surface area contributed by atoms with Crippen LogP contribution in [0.25, 0.3) is 50.0 Å². The van der Waals surface area contributed by atoms with E-state index in [1.807, 2.05) is 123 Å². The number of hydrogen-bond donors (Lipinski definition) is 7. The van der Waals surface area contributed by atoms with E-state index in [0.717, 1.165) is 38.6 Å². The van der Waals surface area contributed by atoms with Crippen molar-refractivity contribution < 1.29 is 27.6 Å². The molecule has 11 rings (SSSR count). The number of rotatable bonds is 19. The zero-order valence-electron chi connectivity index (χ0n) is 49.3. The second-order valence-corrected chi connectivity index (χ2v) is 21.3. The van der Waals surface area contributed by atoms with E-state index < -0.39 is 23.4 Å². The fraction of sp³-hybridized carbons (Fsp3) is 0.0909. The minimum atomic E-state index is -0.750. The number of nitrogens with one attached hydrogen (secondary N) is 7. The van der Waals surface area contributed by atoms with Gasteiger partial charge in [-0.25, -0.2) is 29.9 Å². The summed E-state index contributed by atoms with van der Waals surface area (Å²) in [4.78, 5) is 83.5. The minimum Gasteiger partial charge on any atom is -0.360 e. The summed E-state index contributed by atoms with van der Waals surface area (Å²) in [6.45, 7) is 1.30. The zero-order chi connectivity index (χ0) is 64.2. The van der Waals surface area contributed by atoms with Crippen LogP contribution in [0.1, 0.15) is 21.0 Å². The molecule has 0 saturated carbocycles. The van der Waals surface area contributed by atoms with Crippen LogP contribution in [-0.2, 0) is 21.2 Å². The summed E-state index contributed by atoms with van der Waals surface area (Å²) in [5.74, 6) is -0.630. The smallest absolute Gasteiger partial charge is 0.335 e. The van der Waals surface area contributed by atoms with Gasteiger partial charge in [-0.3, -0.25) is 19.2 Å². The molecule has 25 heteroatoms. The number of amides is 4. The Hall–Kier alpha value is -11.1. The van der Waals surface area contributed by atoms with Gasteiger partial charge in [0.25, 0.3) is 11.8 Å². The van der Waals surface area contributed by atoms with Crippen LogP contribution in [0, 0.1) is 0 Å². The first-order chi connectivity index (χ1) is 44.1. The number of H-pyrrole nitrogens is 1. The highest BCUT2D eigenvalue weighted by Crippen LogP contribution is 2.37. The van der Waals surface area contributed by atoms with Gasteiger partial charge in [-0.05, 0) is 113 Å². The number of aromatic nitrogens is 8. The lowest BCUT2D eigenvalue weighted by Crippen LogP contribution is -2.15. The van der Waals surface area contributed by atoms with Crippen molar-refractivity contribution in [3.63, 3.8) is 0 Å². The van der Waals surface area contributed by atoms with Crippen molar-refractivity contribution in [3.8, 4) is 28.2 Å². The van der Waals surface area contributed by atoms with Crippen LogP contribution < -0.4 is 31.9 Å². The first-order valence-electron chi connectivity index (χ1n) is 27.8. The number of para-hydroxylation sites is 3. The summed E-state index contributed by atoms with van der Waals surface area (Å²) >= 11 is 12.4. The van der Waals surface area contributed by atoms with E-state index >= 15 is 0 Å². The molecule has 0 aliphatic carbocycles. The van der Waals surface area contributed by atoms with Crippen LogP contribution in [-0.4, -0.2) is 123 Å². The quantitative estimate of drug-likeness (QED) is 0.0371. The average Bonchev–Trinajstić information content (AvgIpc) is 1.84. The van der Waals surface area contributed by atoms with Gasteiger partial charge in [0.15, 0.2) is 0 Å². The predicted octanol–water partition coefficient (Wildman–Crippen LogP) is 12.2. The van der Waals surface area contributed by atoms with Crippen molar-refractivity contribution in [3.05, 3.63) is 235 Å². The van der Waals surface area contributed by atoms with E-state index in [9.17, 15) is 19.2 Å². The number of fused-ring (bicyclic) bond motifs is 2. The topological polar surface area (TPSA) is 279 Å². The molecule has 11 aromatic rings. The Morgan fingerprint density at radius 2 is 0.989 bits per heavy atom. The van der Waals surface area contributed by atoms with Gasteiger partial charge in [-0.1, -0.05) is 102 Å². The van der Waals surface area contributed by atoms with Crippen molar-refractivity contribution >= 4 is 126 Å². The molecule has 22 nitrogen and oxygen atoms in total. The molecule has 0 aliphatic rings. The highest BCUT2D eigenvalue weighted by molar-refractivity contribution is 7.51. The summed E-state index contributed by atoms with van der Waals surface area (Å²) < 4.78 is 18.7. The highest BCUT2D eigenvalue weighted by atomic mass is 35.5. The normalized spacial score (nSPS) is 11.0. The van der Waals surface area contributed by atoms with Crippen LogP contribution >= 0.6 is 23.2 Å². The lowest BCUT2D eigenvalue weighted by atomic mass is 10.1. The van der Waals surface area contributed by atoms with Crippen molar-refractivity contribution in [2.45, 2.75) is 0 Å². The maximum absolute atomic E-state index is 12.9. The second kappa shape index (κ2) is 31.2. The van der Waals surface area contributed by atoms with Gasteiger partial charge >= 0.3 is 11.6 Å². The molecule has 0 spiro atoms. The van der Waals surface area contributed by atoms with E-state index in [0.29, 0.717) is 80.5 Å². The molecule has 0 saturated heterocycles. The number of carbonyl (C=O) groups is 4. The molecule has 458 valence electrons. The molecule has 0 unspecified atom stereocenters. The zero-order valence-corrected chi connectivity index (χ0v) is 51.6. The lowest BCUT2D eigenvalue weighted by molar-refractivity contribution is -0.112. The largest absolute Gasteiger partial charge is 0.360 e. The molecule has 6 heterocycles. The molecule has 5 aromatic carbocycles. The monoisotopic (exact) mass is 1270 g/mol. The van der Waals surface area contributed by atoms with E-state index in [-0.39, 0.29) is 23.2 Å². The standard InChI is InChI=1S/C36H31ClN8O2.C30H27ClN8O2.O2S/c1-44(2)19-9-16-33(46)40-26-17-18-31(38-21-26)35(47)41-24-10-8-11-25(20-24)42-36-39-22-30(37)34(43-36)29-23-45(27-12-4-3-5-13-27)32-15-7-6-14-28(29)32;1-39(2)14-6-11-27(40)35-21-12-13-26(32-16-21)29(41)36-19-7-5-8-20(15-19)37-30-34-18-24(31)28(38-30)23-17-33-25-10-4-3-9-22(23)25;1-3-2/h3-18,20-23H,19H2,1-2H3,(H,40,46)(H,41,47)(H,39,42,43);3-13,15-18,33H,14H2,1-2H3,(H,35,40)(H,36,41)(H,34,37,38);/b16-9+;11-6+;. The van der Waals surface area contributed by atoms with Crippen molar-refractivity contribution in [1.82, 2.24) is 49.3 Å². The molecule has 0 aliphatic heterocycles. The van der Waals surface area contributed by atoms with Gasteiger partial charge in [0.2, 0.25) is 23.7 Å². The molecule has 0 bridgehead atoms. The summed E-state index contributed by atoms with van der Waals surface area (Å²) in [6, 6.07) is 46.8. The Morgan fingerprint density at radius 3 is 1.49 bits per heavy atom. The van der Waals surface area contributed by atoms with E-state index in [2.05, 4.69) is 84.6 Å². The van der Waals surface area contributed by atoms with Gasteiger partial charge in [0.05, 0.1) is 63.1 Å². The number of pyridine rings is 2. The number of carbonyl (C=O) groups excluding carboxylic acids is 4. The van der Waals surface area contributed by atoms with Crippen LogP contribution in [0.15, 0.2) is 213 Å².